The van der Waals surface area contributed by atoms with Crippen LogP contribution in [0.15, 0.2) is 12.1 Å². The molecule has 0 radical (unpaired) electrons. The van der Waals surface area contributed by atoms with E-state index in [1.165, 1.54) is 12.1 Å². The summed E-state index contributed by atoms with van der Waals surface area (Å²) in [6, 6.07) is 2.83. The summed E-state index contributed by atoms with van der Waals surface area (Å²) in [5.74, 6) is 0.300. The van der Waals surface area contributed by atoms with Gasteiger partial charge >= 0.3 is 6.61 Å². The molecule has 0 bridgehead atoms. The molecule has 1 aromatic rings. The average Bonchev–Trinajstić information content (AvgIpc) is 2.99. The molecular weight excluding hydrogens is 362 g/mol. The van der Waals surface area contributed by atoms with Gasteiger partial charge in [0.2, 0.25) is 12.7 Å². The van der Waals surface area contributed by atoms with E-state index in [2.05, 4.69) is 10.1 Å². The molecule has 0 aliphatic carbocycles. The van der Waals surface area contributed by atoms with Crippen molar-refractivity contribution in [3.8, 4) is 17.2 Å². The van der Waals surface area contributed by atoms with Crippen molar-refractivity contribution in [3.05, 3.63) is 17.7 Å². The first-order valence-corrected chi connectivity index (χ1v) is 7.50. The van der Waals surface area contributed by atoms with Gasteiger partial charge in [-0.15, -0.1) is 12.4 Å². The summed E-state index contributed by atoms with van der Waals surface area (Å²) in [5, 5.41) is 2.67. The van der Waals surface area contributed by atoms with Gasteiger partial charge in [-0.3, -0.25) is 4.79 Å². The lowest BCUT2D eigenvalue weighted by atomic mass is 9.90. The minimum absolute atomic E-state index is 0. The fourth-order valence-electron chi connectivity index (χ4n) is 2.62. The highest BCUT2D eigenvalue weighted by atomic mass is 35.5. The molecule has 1 fully saturated rings. The monoisotopic (exact) mass is 380 g/mol. The lowest BCUT2D eigenvalue weighted by Gasteiger charge is -2.31. The van der Waals surface area contributed by atoms with Gasteiger partial charge in [0.25, 0.3) is 0 Å². The Labute approximate surface area is 149 Å². The van der Waals surface area contributed by atoms with Crippen LogP contribution < -0.4 is 25.3 Å². The highest BCUT2D eigenvalue weighted by molar-refractivity contribution is 5.86. The minimum atomic E-state index is -2.99. The van der Waals surface area contributed by atoms with Crippen molar-refractivity contribution in [2.24, 2.45) is 5.73 Å². The van der Waals surface area contributed by atoms with Crippen molar-refractivity contribution < 1.29 is 32.5 Å². The van der Waals surface area contributed by atoms with Crippen molar-refractivity contribution >= 4 is 18.3 Å². The zero-order chi connectivity index (χ0) is 17.2. The summed E-state index contributed by atoms with van der Waals surface area (Å²) >= 11 is 0. The van der Waals surface area contributed by atoms with Gasteiger partial charge in [0, 0.05) is 31.4 Å². The molecule has 0 unspecified atom stereocenters. The van der Waals surface area contributed by atoms with Crippen LogP contribution in [0.3, 0.4) is 0 Å². The molecule has 0 spiro atoms. The molecule has 3 N–H and O–H groups in total. The summed E-state index contributed by atoms with van der Waals surface area (Å²) in [5.41, 5.74) is 5.42. The Hall–Kier alpha value is -1.84. The predicted molar refractivity (Wildman–Crippen MR) is 85.3 cm³/mol. The normalized spacial score (nSPS) is 17.8. The van der Waals surface area contributed by atoms with Crippen LogP contribution in [0, 0.1) is 0 Å². The molecule has 2 heterocycles. The largest absolute Gasteiger partial charge is 0.454 e. The number of nitrogens with one attached hydrogen (secondary N) is 1. The molecule has 10 heteroatoms. The standard InChI is InChI=1S/C15H18F2N2O5.ClH/c16-14(17)24-10-6-12-11(22-8-23-12)5-9(10)7-19-13(20)15(18)1-3-21-4-2-15;/h5-6,14H,1-4,7-8,18H2,(H,19,20);1H. The lowest BCUT2D eigenvalue weighted by Crippen LogP contribution is -2.56. The van der Waals surface area contributed by atoms with E-state index < -0.39 is 12.2 Å². The molecule has 1 saturated heterocycles. The number of carbonyl (C=O) groups excluding carboxylic acids is 1. The van der Waals surface area contributed by atoms with Crippen LogP contribution in [0.1, 0.15) is 18.4 Å². The maximum absolute atomic E-state index is 12.6. The third-order valence-corrected chi connectivity index (χ3v) is 4.05. The van der Waals surface area contributed by atoms with Gasteiger partial charge in [-0.2, -0.15) is 8.78 Å². The van der Waals surface area contributed by atoms with E-state index in [0.29, 0.717) is 43.1 Å². The zero-order valence-electron chi connectivity index (χ0n) is 13.3. The fourth-order valence-corrected chi connectivity index (χ4v) is 2.62. The van der Waals surface area contributed by atoms with Gasteiger partial charge in [-0.25, -0.2) is 0 Å². The Kier molecular flexibility index (Phi) is 6.26. The molecule has 140 valence electrons. The number of ether oxygens (including phenoxy) is 4. The number of amides is 1. The van der Waals surface area contributed by atoms with Crippen LogP contribution in [-0.4, -0.2) is 38.1 Å². The first-order valence-electron chi connectivity index (χ1n) is 7.50. The first kappa shape index (κ1) is 19.5. The SMILES string of the molecule is Cl.NC1(C(=O)NCc2cc3c(cc2OC(F)F)OCO3)CCOCC1. The maximum Gasteiger partial charge on any atom is 0.387 e. The van der Waals surface area contributed by atoms with E-state index in [-0.39, 0.29) is 37.4 Å². The number of rotatable bonds is 5. The average molecular weight is 381 g/mol. The summed E-state index contributed by atoms with van der Waals surface area (Å²) < 4.78 is 45.2. The van der Waals surface area contributed by atoms with Crippen LogP contribution >= 0.6 is 12.4 Å². The van der Waals surface area contributed by atoms with Crippen molar-refractivity contribution in [1.82, 2.24) is 5.32 Å². The van der Waals surface area contributed by atoms with E-state index in [0.717, 1.165) is 0 Å². The number of hydrogen-bond donors (Lipinski definition) is 2. The smallest absolute Gasteiger partial charge is 0.387 e. The minimum Gasteiger partial charge on any atom is -0.454 e. The third-order valence-electron chi connectivity index (χ3n) is 4.05. The van der Waals surface area contributed by atoms with Crippen molar-refractivity contribution in [1.29, 1.82) is 0 Å². The van der Waals surface area contributed by atoms with Crippen LogP contribution in [-0.2, 0) is 16.1 Å². The van der Waals surface area contributed by atoms with E-state index in [4.69, 9.17) is 19.9 Å². The molecule has 1 amide bonds. The molecule has 0 saturated carbocycles. The van der Waals surface area contributed by atoms with Gasteiger partial charge < -0.3 is 30.0 Å². The topological polar surface area (TPSA) is 92.0 Å². The summed E-state index contributed by atoms with van der Waals surface area (Å²) in [4.78, 5) is 12.3. The number of alkyl halides is 2. The van der Waals surface area contributed by atoms with Gasteiger partial charge in [0.1, 0.15) is 5.75 Å². The Balaban J connectivity index is 0.00000225. The lowest BCUT2D eigenvalue weighted by molar-refractivity contribution is -0.129. The highest BCUT2D eigenvalue weighted by Gasteiger charge is 2.35. The predicted octanol–water partition coefficient (Wildman–Crippen LogP) is 1.56. The number of halogens is 3. The highest BCUT2D eigenvalue weighted by Crippen LogP contribution is 2.38. The molecule has 0 aromatic heterocycles. The van der Waals surface area contributed by atoms with Crippen LogP contribution in [0.25, 0.3) is 0 Å². The van der Waals surface area contributed by atoms with E-state index in [1.54, 1.807) is 0 Å². The van der Waals surface area contributed by atoms with Crippen LogP contribution in [0.5, 0.6) is 17.2 Å². The number of benzene rings is 1. The van der Waals surface area contributed by atoms with Gasteiger partial charge in [-0.1, -0.05) is 0 Å². The third kappa shape index (κ3) is 4.42. The molecule has 2 aliphatic heterocycles. The molecule has 3 rings (SSSR count). The number of hydrogen-bond acceptors (Lipinski definition) is 6. The second-order valence-corrected chi connectivity index (χ2v) is 5.64. The fraction of sp³-hybridized carbons (Fsp3) is 0.533. The van der Waals surface area contributed by atoms with E-state index in [9.17, 15) is 13.6 Å². The van der Waals surface area contributed by atoms with Crippen molar-refractivity contribution in [2.45, 2.75) is 31.5 Å². The van der Waals surface area contributed by atoms with Crippen LogP contribution in [0.2, 0.25) is 0 Å². The Morgan fingerprint density at radius 1 is 1.28 bits per heavy atom. The zero-order valence-corrected chi connectivity index (χ0v) is 14.1. The first-order chi connectivity index (χ1) is 11.5. The molecule has 1 aromatic carbocycles. The molecule has 7 nitrogen and oxygen atoms in total. The Morgan fingerprint density at radius 2 is 1.92 bits per heavy atom. The summed E-state index contributed by atoms with van der Waals surface area (Å²) in [6.45, 7) is -2.18. The molecule has 2 aliphatic rings. The molecule has 25 heavy (non-hydrogen) atoms. The van der Waals surface area contributed by atoms with E-state index in [1.807, 2.05) is 0 Å². The second-order valence-electron chi connectivity index (χ2n) is 5.64. The summed E-state index contributed by atoms with van der Waals surface area (Å²) in [7, 11) is 0. The molecule has 0 atom stereocenters. The quantitative estimate of drug-likeness (QED) is 0.805. The molecular formula is C15H19ClF2N2O5. The number of fused-ring (bicyclic) bond motifs is 1. The van der Waals surface area contributed by atoms with Gasteiger partial charge in [0.15, 0.2) is 11.5 Å². The van der Waals surface area contributed by atoms with Crippen molar-refractivity contribution in [2.75, 3.05) is 20.0 Å². The Morgan fingerprint density at radius 3 is 2.56 bits per heavy atom. The van der Waals surface area contributed by atoms with Gasteiger partial charge in [-0.05, 0) is 18.9 Å². The second kappa shape index (κ2) is 8.03. The number of nitrogens with two attached hydrogens (primary N) is 1. The number of carbonyl (C=O) groups is 1. The van der Waals surface area contributed by atoms with Crippen LogP contribution in [0.4, 0.5) is 8.78 Å². The maximum atomic E-state index is 12.6. The summed E-state index contributed by atoms with van der Waals surface area (Å²) in [6.07, 6.45) is 0.806. The van der Waals surface area contributed by atoms with Gasteiger partial charge in [0.05, 0.1) is 5.54 Å². The van der Waals surface area contributed by atoms with Crippen molar-refractivity contribution in [3.63, 3.8) is 0 Å². The Bertz CT molecular complexity index is 626. The van der Waals surface area contributed by atoms with E-state index >= 15 is 0 Å².